The fraction of sp³-hybridized carbons (Fsp3) is 0.867. The summed E-state index contributed by atoms with van der Waals surface area (Å²) in [4.78, 5) is 22.3. The van der Waals surface area contributed by atoms with Gasteiger partial charge in [-0.3, -0.25) is 4.79 Å². The zero-order chi connectivity index (χ0) is 16.8. The van der Waals surface area contributed by atoms with Gasteiger partial charge in [0.15, 0.2) is 0 Å². The first-order valence-electron chi connectivity index (χ1n) is 7.60. The van der Waals surface area contributed by atoms with Gasteiger partial charge in [0.25, 0.3) is 0 Å². The summed E-state index contributed by atoms with van der Waals surface area (Å²) >= 11 is 0. The maximum Gasteiger partial charge on any atom is 0.407 e. The van der Waals surface area contributed by atoms with E-state index in [1.807, 2.05) is 20.8 Å². The molecule has 0 radical (unpaired) electrons. The largest absolute Gasteiger partial charge is 0.469 e. The highest BCUT2D eigenvalue weighted by molar-refractivity contribution is 5.69. The molecular weight excluding hydrogens is 290 g/mol. The van der Waals surface area contributed by atoms with E-state index in [2.05, 4.69) is 10.1 Å². The van der Waals surface area contributed by atoms with Crippen molar-refractivity contribution in [2.75, 3.05) is 40.1 Å². The Balaban J connectivity index is 3.33. The molecule has 0 unspecified atom stereocenters. The molecule has 0 aliphatic heterocycles. The second-order valence-corrected chi connectivity index (χ2v) is 5.33. The van der Waals surface area contributed by atoms with Crippen molar-refractivity contribution in [3.8, 4) is 0 Å². The van der Waals surface area contributed by atoms with Crippen LogP contribution in [0.25, 0.3) is 0 Å². The van der Waals surface area contributed by atoms with Gasteiger partial charge in [0.1, 0.15) is 5.60 Å². The van der Waals surface area contributed by atoms with Crippen molar-refractivity contribution in [2.24, 2.45) is 0 Å². The quantitative estimate of drug-likeness (QED) is 0.437. The molecule has 7 heteroatoms. The molecule has 0 heterocycles. The fourth-order valence-electron chi connectivity index (χ4n) is 1.33. The van der Waals surface area contributed by atoms with Crippen LogP contribution in [0.4, 0.5) is 4.79 Å². The van der Waals surface area contributed by atoms with Gasteiger partial charge in [-0.25, -0.2) is 4.79 Å². The van der Waals surface area contributed by atoms with E-state index in [4.69, 9.17) is 14.2 Å². The summed E-state index contributed by atoms with van der Waals surface area (Å²) in [5, 5.41) is 2.62. The number of amides is 1. The van der Waals surface area contributed by atoms with Crippen LogP contribution in [0.15, 0.2) is 0 Å². The number of hydrogen-bond acceptors (Lipinski definition) is 6. The minimum Gasteiger partial charge on any atom is -0.469 e. The molecule has 0 aliphatic rings. The van der Waals surface area contributed by atoms with Crippen molar-refractivity contribution in [3.05, 3.63) is 0 Å². The molecule has 0 spiro atoms. The lowest BCUT2D eigenvalue weighted by Crippen LogP contribution is -2.35. The minimum atomic E-state index is -0.455. The van der Waals surface area contributed by atoms with Crippen LogP contribution in [-0.2, 0) is 23.7 Å². The van der Waals surface area contributed by atoms with Crippen molar-refractivity contribution >= 4 is 12.1 Å². The van der Waals surface area contributed by atoms with Gasteiger partial charge in [-0.1, -0.05) is 6.92 Å². The van der Waals surface area contributed by atoms with Crippen molar-refractivity contribution in [1.29, 1.82) is 0 Å². The Labute approximate surface area is 132 Å². The van der Waals surface area contributed by atoms with Crippen molar-refractivity contribution in [1.82, 2.24) is 5.32 Å². The van der Waals surface area contributed by atoms with Crippen LogP contribution in [0.5, 0.6) is 0 Å². The number of carbonyl (C=O) groups excluding carboxylic acids is 2. The van der Waals surface area contributed by atoms with Gasteiger partial charge in [-0.05, 0) is 26.7 Å². The Hall–Kier alpha value is -1.34. The summed E-state index contributed by atoms with van der Waals surface area (Å²) in [5.41, 5.74) is -0.455. The van der Waals surface area contributed by atoms with Crippen LogP contribution in [0.2, 0.25) is 0 Å². The number of ether oxygens (including phenoxy) is 4. The van der Waals surface area contributed by atoms with Crippen molar-refractivity contribution in [3.63, 3.8) is 0 Å². The average Bonchev–Trinajstić information content (AvgIpc) is 2.48. The van der Waals surface area contributed by atoms with Gasteiger partial charge in [0, 0.05) is 19.6 Å². The standard InChI is InChI=1S/C15H29NO6/c1-5-15(2,3)22-14(18)16-8-10-21-12-11-20-9-6-7-13(17)19-4/h5-12H2,1-4H3,(H,16,18). The second-order valence-electron chi connectivity index (χ2n) is 5.33. The molecule has 0 bridgehead atoms. The van der Waals surface area contributed by atoms with Crippen LogP contribution >= 0.6 is 0 Å². The Bertz CT molecular complexity index is 319. The molecule has 0 aromatic carbocycles. The molecule has 0 saturated carbocycles. The van der Waals surface area contributed by atoms with Crippen LogP contribution in [0, 0.1) is 0 Å². The van der Waals surface area contributed by atoms with E-state index in [1.165, 1.54) is 7.11 Å². The Morgan fingerprint density at radius 1 is 1.05 bits per heavy atom. The highest BCUT2D eigenvalue weighted by Crippen LogP contribution is 2.13. The molecule has 0 aromatic rings. The van der Waals surface area contributed by atoms with E-state index in [-0.39, 0.29) is 5.97 Å². The number of methoxy groups -OCH3 is 1. The first-order valence-corrected chi connectivity index (χ1v) is 7.60. The maximum atomic E-state index is 11.5. The number of nitrogens with one attached hydrogen (secondary N) is 1. The SMILES string of the molecule is CCC(C)(C)OC(=O)NCCOCCOCCCC(=O)OC. The second kappa shape index (κ2) is 12.2. The predicted octanol–water partition coefficient (Wildman–Crippen LogP) is 1.89. The van der Waals surface area contributed by atoms with E-state index in [0.717, 1.165) is 6.42 Å². The van der Waals surface area contributed by atoms with Gasteiger partial charge >= 0.3 is 12.1 Å². The third-order valence-corrected chi connectivity index (χ3v) is 3.01. The van der Waals surface area contributed by atoms with Crippen LogP contribution in [-0.4, -0.2) is 57.7 Å². The monoisotopic (exact) mass is 319 g/mol. The Morgan fingerprint density at radius 2 is 1.68 bits per heavy atom. The number of rotatable bonds is 12. The molecule has 1 amide bonds. The van der Waals surface area contributed by atoms with Crippen molar-refractivity contribution < 1.29 is 28.5 Å². The molecule has 0 fully saturated rings. The summed E-state index contributed by atoms with van der Waals surface area (Å²) < 4.78 is 20.3. The fourth-order valence-corrected chi connectivity index (χ4v) is 1.33. The minimum absolute atomic E-state index is 0.232. The third kappa shape index (κ3) is 12.4. The maximum absolute atomic E-state index is 11.5. The van der Waals surface area contributed by atoms with Crippen LogP contribution in [0.3, 0.4) is 0 Å². The normalized spacial score (nSPS) is 11.1. The molecule has 0 atom stereocenters. The number of alkyl carbamates (subject to hydrolysis) is 1. The van der Waals surface area contributed by atoms with Gasteiger partial charge in [0.2, 0.25) is 0 Å². The third-order valence-electron chi connectivity index (χ3n) is 3.01. The zero-order valence-electron chi connectivity index (χ0n) is 14.1. The van der Waals surface area contributed by atoms with E-state index < -0.39 is 11.7 Å². The van der Waals surface area contributed by atoms with Crippen molar-refractivity contribution in [2.45, 2.75) is 45.6 Å². The summed E-state index contributed by atoms with van der Waals surface area (Å²) in [5.74, 6) is -0.232. The average molecular weight is 319 g/mol. The molecule has 130 valence electrons. The van der Waals surface area contributed by atoms with Crippen LogP contribution < -0.4 is 5.32 Å². The van der Waals surface area contributed by atoms with E-state index in [9.17, 15) is 9.59 Å². The molecule has 0 aliphatic carbocycles. The first-order chi connectivity index (χ1) is 10.4. The topological polar surface area (TPSA) is 83.1 Å². The van der Waals surface area contributed by atoms with E-state index in [1.54, 1.807) is 0 Å². The molecule has 0 aromatic heterocycles. The zero-order valence-corrected chi connectivity index (χ0v) is 14.1. The number of esters is 1. The molecule has 22 heavy (non-hydrogen) atoms. The Kier molecular flexibility index (Phi) is 11.5. The lowest BCUT2D eigenvalue weighted by molar-refractivity contribution is -0.141. The predicted molar refractivity (Wildman–Crippen MR) is 81.7 cm³/mol. The van der Waals surface area contributed by atoms with E-state index >= 15 is 0 Å². The van der Waals surface area contributed by atoms with Gasteiger partial charge < -0.3 is 24.3 Å². The summed E-state index contributed by atoms with van der Waals surface area (Å²) in [7, 11) is 1.37. The lowest BCUT2D eigenvalue weighted by Gasteiger charge is -2.23. The lowest BCUT2D eigenvalue weighted by atomic mass is 10.1. The van der Waals surface area contributed by atoms with Crippen LogP contribution in [0.1, 0.15) is 40.0 Å². The van der Waals surface area contributed by atoms with Gasteiger partial charge in [-0.15, -0.1) is 0 Å². The summed E-state index contributed by atoms with van der Waals surface area (Å²) in [6.07, 6.45) is 1.31. The highest BCUT2D eigenvalue weighted by atomic mass is 16.6. The van der Waals surface area contributed by atoms with Gasteiger partial charge in [0.05, 0.1) is 26.9 Å². The highest BCUT2D eigenvalue weighted by Gasteiger charge is 2.19. The summed E-state index contributed by atoms with van der Waals surface area (Å²) in [6, 6.07) is 0. The Morgan fingerprint density at radius 3 is 2.27 bits per heavy atom. The number of carbonyl (C=O) groups is 2. The molecule has 0 rings (SSSR count). The molecule has 1 N–H and O–H groups in total. The molecular formula is C15H29NO6. The molecule has 0 saturated heterocycles. The van der Waals surface area contributed by atoms with Gasteiger partial charge in [-0.2, -0.15) is 0 Å². The van der Waals surface area contributed by atoms with E-state index in [0.29, 0.717) is 45.8 Å². The number of hydrogen-bond donors (Lipinski definition) is 1. The smallest absolute Gasteiger partial charge is 0.407 e. The first kappa shape index (κ1) is 20.7. The molecule has 7 nitrogen and oxygen atoms in total. The summed E-state index contributed by atoms with van der Waals surface area (Å²) in [6.45, 7) is 7.86.